The molecule has 3 rings (SSSR count). The van der Waals surface area contributed by atoms with Crippen molar-refractivity contribution in [1.82, 2.24) is 10.2 Å². The van der Waals surface area contributed by atoms with Crippen LogP contribution in [0.15, 0.2) is 24.3 Å². The summed E-state index contributed by atoms with van der Waals surface area (Å²) in [6.45, 7) is 1.32. The third-order valence-electron chi connectivity index (χ3n) is 4.11. The summed E-state index contributed by atoms with van der Waals surface area (Å²) in [7, 11) is 0. The second-order valence-electron chi connectivity index (χ2n) is 5.58. The van der Waals surface area contributed by atoms with Crippen LogP contribution >= 0.6 is 0 Å². The number of amides is 1. The molecule has 1 fully saturated rings. The lowest BCUT2D eigenvalue weighted by molar-refractivity contribution is -0.134. The fraction of sp³-hybridized carbons (Fsp3) is 0.500. The van der Waals surface area contributed by atoms with E-state index in [0.29, 0.717) is 19.0 Å². The summed E-state index contributed by atoms with van der Waals surface area (Å²) in [6.07, 6.45) is 3.34. The molecule has 1 saturated carbocycles. The Morgan fingerprint density at radius 2 is 2.10 bits per heavy atom. The third kappa shape index (κ3) is 2.68. The fourth-order valence-corrected chi connectivity index (χ4v) is 2.86. The van der Waals surface area contributed by atoms with Gasteiger partial charge in [-0.15, -0.1) is 0 Å². The molecule has 4 heteroatoms. The van der Waals surface area contributed by atoms with Gasteiger partial charge in [0.1, 0.15) is 0 Å². The number of carbonyl (C=O) groups is 1. The van der Waals surface area contributed by atoms with Gasteiger partial charge < -0.3 is 10.2 Å². The number of hydrogen-bond acceptors (Lipinski definition) is 3. The maximum absolute atomic E-state index is 12.6. The second kappa shape index (κ2) is 5.64. The smallest absolute Gasteiger partial charge is 0.240 e. The summed E-state index contributed by atoms with van der Waals surface area (Å²) >= 11 is 0. The first-order chi connectivity index (χ1) is 9.79. The molecule has 1 atom stereocenters. The zero-order chi connectivity index (χ0) is 13.9. The third-order valence-corrected chi connectivity index (χ3v) is 4.11. The average Bonchev–Trinajstić information content (AvgIpc) is 3.32. The van der Waals surface area contributed by atoms with E-state index in [9.17, 15) is 4.79 Å². The lowest BCUT2D eigenvalue weighted by Gasteiger charge is -2.30. The van der Waals surface area contributed by atoms with Crippen LogP contribution < -0.4 is 5.32 Å². The van der Waals surface area contributed by atoms with Crippen LogP contribution in [0.3, 0.4) is 0 Å². The highest BCUT2D eigenvalue weighted by atomic mass is 16.2. The van der Waals surface area contributed by atoms with Crippen molar-refractivity contribution in [2.24, 2.45) is 0 Å². The Kier molecular flexibility index (Phi) is 3.70. The molecule has 1 N–H and O–H groups in total. The van der Waals surface area contributed by atoms with Crippen molar-refractivity contribution in [3.8, 4) is 6.07 Å². The molecule has 1 heterocycles. The molecule has 1 aliphatic carbocycles. The minimum atomic E-state index is -0.135. The molecule has 1 aromatic rings. The van der Waals surface area contributed by atoms with Gasteiger partial charge in [0.05, 0.1) is 18.5 Å². The van der Waals surface area contributed by atoms with Crippen molar-refractivity contribution < 1.29 is 4.79 Å². The first-order valence-corrected chi connectivity index (χ1v) is 7.27. The molecule has 104 valence electrons. The van der Waals surface area contributed by atoms with Crippen molar-refractivity contribution in [1.29, 1.82) is 5.26 Å². The zero-order valence-corrected chi connectivity index (χ0v) is 11.5. The molecule has 0 spiro atoms. The Labute approximate surface area is 119 Å². The monoisotopic (exact) mass is 269 g/mol. The van der Waals surface area contributed by atoms with Crippen molar-refractivity contribution in [3.63, 3.8) is 0 Å². The van der Waals surface area contributed by atoms with Crippen molar-refractivity contribution in [3.05, 3.63) is 35.4 Å². The van der Waals surface area contributed by atoms with E-state index < -0.39 is 0 Å². The van der Waals surface area contributed by atoms with Gasteiger partial charge in [-0.3, -0.25) is 4.79 Å². The van der Waals surface area contributed by atoms with Gasteiger partial charge in [-0.1, -0.05) is 24.3 Å². The van der Waals surface area contributed by atoms with Crippen molar-refractivity contribution in [2.75, 3.05) is 6.54 Å². The summed E-state index contributed by atoms with van der Waals surface area (Å²) in [5, 5.41) is 12.1. The molecule has 0 radical (unpaired) electrons. The fourth-order valence-electron chi connectivity index (χ4n) is 2.86. The van der Waals surface area contributed by atoms with Crippen LogP contribution in [0.2, 0.25) is 0 Å². The minimum absolute atomic E-state index is 0.135. The number of rotatable bonds is 4. The van der Waals surface area contributed by atoms with Gasteiger partial charge in [0.25, 0.3) is 0 Å². The molecule has 1 aliphatic heterocycles. The molecule has 0 saturated heterocycles. The maximum atomic E-state index is 12.6. The van der Waals surface area contributed by atoms with Crippen LogP contribution in [0.4, 0.5) is 0 Å². The predicted molar refractivity (Wildman–Crippen MR) is 75.7 cm³/mol. The van der Waals surface area contributed by atoms with Crippen LogP contribution in [-0.2, 0) is 17.8 Å². The van der Waals surface area contributed by atoms with Gasteiger partial charge in [-0.2, -0.15) is 5.26 Å². The maximum Gasteiger partial charge on any atom is 0.240 e. The minimum Gasteiger partial charge on any atom is -0.337 e. The summed E-state index contributed by atoms with van der Waals surface area (Å²) in [6, 6.07) is 10.6. The number of fused-ring (bicyclic) bond motifs is 1. The Balaban J connectivity index is 1.70. The molecular weight excluding hydrogens is 250 g/mol. The Morgan fingerprint density at radius 3 is 2.80 bits per heavy atom. The largest absolute Gasteiger partial charge is 0.337 e. The second-order valence-corrected chi connectivity index (χ2v) is 5.58. The molecule has 1 unspecified atom stereocenters. The number of nitrogens with one attached hydrogen (secondary N) is 1. The van der Waals surface area contributed by atoms with Crippen LogP contribution in [0.5, 0.6) is 0 Å². The summed E-state index contributed by atoms with van der Waals surface area (Å²) < 4.78 is 0. The molecule has 20 heavy (non-hydrogen) atoms. The first kappa shape index (κ1) is 13.1. The highest BCUT2D eigenvalue weighted by Crippen LogP contribution is 2.28. The summed E-state index contributed by atoms with van der Waals surface area (Å²) in [4.78, 5) is 14.6. The van der Waals surface area contributed by atoms with Crippen LogP contribution in [0.1, 0.15) is 30.4 Å². The summed E-state index contributed by atoms with van der Waals surface area (Å²) in [5.74, 6) is 0.164. The van der Waals surface area contributed by atoms with Gasteiger partial charge in [0.15, 0.2) is 0 Å². The SMILES string of the molecule is N#CCCN(C(=O)C1Cc2ccccc2CN1)C1CC1. The zero-order valence-electron chi connectivity index (χ0n) is 11.5. The van der Waals surface area contributed by atoms with E-state index in [1.165, 1.54) is 11.1 Å². The number of nitrogens with zero attached hydrogens (tertiary/aromatic N) is 2. The van der Waals surface area contributed by atoms with Crippen LogP contribution in [0.25, 0.3) is 0 Å². The summed E-state index contributed by atoms with van der Waals surface area (Å²) in [5.41, 5.74) is 2.55. The molecular formula is C16H19N3O. The van der Waals surface area contributed by atoms with E-state index in [-0.39, 0.29) is 11.9 Å². The van der Waals surface area contributed by atoms with E-state index in [2.05, 4.69) is 23.5 Å². The van der Waals surface area contributed by atoms with E-state index in [4.69, 9.17) is 5.26 Å². The average molecular weight is 269 g/mol. The highest BCUT2D eigenvalue weighted by Gasteiger charge is 2.36. The molecule has 0 aromatic heterocycles. The van der Waals surface area contributed by atoms with E-state index >= 15 is 0 Å². The van der Waals surface area contributed by atoms with Gasteiger partial charge >= 0.3 is 0 Å². The van der Waals surface area contributed by atoms with Gasteiger partial charge in [0, 0.05) is 19.1 Å². The topological polar surface area (TPSA) is 56.1 Å². The number of benzene rings is 1. The highest BCUT2D eigenvalue weighted by molar-refractivity contribution is 5.83. The standard InChI is InChI=1S/C16H19N3O/c17-8-3-9-19(14-6-7-14)16(20)15-10-12-4-1-2-5-13(12)11-18-15/h1-2,4-5,14-15,18H,3,6-7,9-11H2. The molecule has 1 amide bonds. The Morgan fingerprint density at radius 1 is 1.35 bits per heavy atom. The van der Waals surface area contributed by atoms with Gasteiger partial charge in [-0.25, -0.2) is 0 Å². The van der Waals surface area contributed by atoms with Crippen LogP contribution in [-0.4, -0.2) is 29.4 Å². The van der Waals surface area contributed by atoms with Crippen molar-refractivity contribution in [2.45, 2.75) is 44.3 Å². The molecule has 0 bridgehead atoms. The molecule has 1 aromatic carbocycles. The number of nitriles is 1. The number of hydrogen-bond donors (Lipinski definition) is 1. The number of carbonyl (C=O) groups excluding carboxylic acids is 1. The first-order valence-electron chi connectivity index (χ1n) is 7.27. The van der Waals surface area contributed by atoms with Crippen molar-refractivity contribution >= 4 is 5.91 Å². The van der Waals surface area contributed by atoms with Gasteiger partial charge in [-0.05, 0) is 30.4 Å². The normalized spacial score (nSPS) is 20.9. The molecule has 2 aliphatic rings. The van der Waals surface area contributed by atoms with E-state index in [1.54, 1.807) is 0 Å². The van der Waals surface area contributed by atoms with Gasteiger partial charge in [0.2, 0.25) is 5.91 Å². The van der Waals surface area contributed by atoms with Crippen LogP contribution in [0, 0.1) is 11.3 Å². The van der Waals surface area contributed by atoms with E-state index in [1.807, 2.05) is 17.0 Å². The Hall–Kier alpha value is -1.86. The predicted octanol–water partition coefficient (Wildman–Crippen LogP) is 1.61. The molecule has 4 nitrogen and oxygen atoms in total. The lowest BCUT2D eigenvalue weighted by atomic mass is 9.95. The Bertz CT molecular complexity index is 545. The lowest BCUT2D eigenvalue weighted by Crippen LogP contribution is -2.50. The van der Waals surface area contributed by atoms with E-state index in [0.717, 1.165) is 25.8 Å². The quantitative estimate of drug-likeness (QED) is 0.903.